The Hall–Kier alpha value is -0.160. The molecule has 0 saturated carbocycles. The second-order valence-electron chi connectivity index (χ2n) is 1.21. The molecule has 0 amide bonds. The summed E-state index contributed by atoms with van der Waals surface area (Å²) in [5.41, 5.74) is 5.94. The van der Waals surface area contributed by atoms with Crippen molar-refractivity contribution >= 4 is 0 Å². The van der Waals surface area contributed by atoms with Gasteiger partial charge in [0.05, 0.1) is 0 Å². The summed E-state index contributed by atoms with van der Waals surface area (Å²) in [6.45, 7) is 2.28. The molecule has 1 heterocycles. The van der Waals surface area contributed by atoms with Gasteiger partial charge in [0.25, 0.3) is 0 Å². The average molecular weight is 106 g/mol. The lowest BCUT2D eigenvalue weighted by atomic mass is 10.5. The van der Waals surface area contributed by atoms with Crippen molar-refractivity contribution in [2.24, 2.45) is 0 Å². The van der Waals surface area contributed by atoms with Crippen LogP contribution in [0.5, 0.6) is 0 Å². The van der Waals surface area contributed by atoms with Gasteiger partial charge in [-0.25, -0.2) is 0 Å². The molecule has 4 nitrogen and oxygen atoms in total. The zero-order chi connectivity index (χ0) is 3.54. The molecule has 1 aliphatic heterocycles. The monoisotopic (exact) mass is 106 g/mol. The molecular weight excluding hydrogens is 92.1 g/mol. The van der Waals surface area contributed by atoms with Crippen LogP contribution in [-0.4, -0.2) is 13.1 Å². The molecule has 0 atom stereocenters. The van der Waals surface area contributed by atoms with Crippen molar-refractivity contribution in [1.82, 2.24) is 23.2 Å². The Labute approximate surface area is 43.8 Å². The van der Waals surface area contributed by atoms with Crippen LogP contribution >= 0.6 is 0 Å². The predicted octanol–water partition coefficient (Wildman–Crippen LogP) is -0.192. The summed E-state index contributed by atoms with van der Waals surface area (Å²) in [4.78, 5) is 0. The molecule has 7 heavy (non-hydrogen) atoms. The van der Waals surface area contributed by atoms with Crippen molar-refractivity contribution in [1.29, 1.82) is 0 Å². The molecule has 0 aromatic rings. The second kappa shape index (κ2) is 5.84. The molecule has 8 N–H and O–H groups in total. The molecule has 0 radical (unpaired) electrons. The Bertz CT molecular complexity index is 18.5. The van der Waals surface area contributed by atoms with E-state index in [-0.39, 0.29) is 12.3 Å². The first kappa shape index (κ1) is 9.96. The summed E-state index contributed by atoms with van der Waals surface area (Å²) in [5, 5.41) is 0. The highest BCUT2D eigenvalue weighted by molar-refractivity contribution is 4.51. The molecule has 4 heteroatoms. The van der Waals surface area contributed by atoms with Gasteiger partial charge in [0.15, 0.2) is 0 Å². The summed E-state index contributed by atoms with van der Waals surface area (Å²) in [6, 6.07) is 0. The van der Waals surface area contributed by atoms with E-state index in [4.69, 9.17) is 0 Å². The average Bonchev–Trinajstić information content (AvgIpc) is 1.76. The van der Waals surface area contributed by atoms with Crippen molar-refractivity contribution < 1.29 is 0 Å². The second-order valence-corrected chi connectivity index (χ2v) is 1.21. The minimum Gasteiger partial charge on any atom is -0.344 e. The minimum atomic E-state index is 0. The molecule has 0 aromatic heterocycles. The largest absolute Gasteiger partial charge is 0.344 e. The first-order valence-corrected chi connectivity index (χ1v) is 1.96. The Morgan fingerprint density at radius 1 is 0.857 bits per heavy atom. The number of nitrogens with one attached hydrogen (secondary N) is 2. The minimum absolute atomic E-state index is 0. The highest BCUT2D eigenvalue weighted by Gasteiger charge is 1.91. The quantitative estimate of drug-likeness (QED) is 0.344. The summed E-state index contributed by atoms with van der Waals surface area (Å²) in [7, 11) is 0. The molecule has 0 spiro atoms. The fourth-order valence-electron chi connectivity index (χ4n) is 0.442. The third-order valence-corrected chi connectivity index (χ3v) is 0.729. The SMILES string of the molecule is C1CNNC1.N.N. The molecule has 1 fully saturated rings. The lowest BCUT2D eigenvalue weighted by Gasteiger charge is -1.81. The molecule has 0 aromatic carbocycles. The highest BCUT2D eigenvalue weighted by atomic mass is 15.4. The van der Waals surface area contributed by atoms with E-state index in [1.54, 1.807) is 0 Å². The van der Waals surface area contributed by atoms with E-state index >= 15 is 0 Å². The van der Waals surface area contributed by atoms with Gasteiger partial charge < -0.3 is 12.3 Å². The van der Waals surface area contributed by atoms with E-state index in [9.17, 15) is 0 Å². The predicted molar refractivity (Wildman–Crippen MR) is 30.7 cm³/mol. The van der Waals surface area contributed by atoms with Crippen LogP contribution in [-0.2, 0) is 0 Å². The fraction of sp³-hybridized carbons (Fsp3) is 1.00. The molecule has 1 aliphatic rings. The van der Waals surface area contributed by atoms with Gasteiger partial charge >= 0.3 is 0 Å². The Morgan fingerprint density at radius 2 is 1.29 bits per heavy atom. The maximum absolute atomic E-state index is 2.97. The molecule has 1 rings (SSSR count). The normalized spacial score (nSPS) is 17.1. The van der Waals surface area contributed by atoms with Crippen LogP contribution < -0.4 is 23.2 Å². The standard InChI is InChI=1S/C3H8N2.2H3N/c1-2-4-5-3-1;;/h4-5H,1-3H2;2*1H3. The van der Waals surface area contributed by atoms with E-state index in [1.165, 1.54) is 6.42 Å². The van der Waals surface area contributed by atoms with Crippen LogP contribution in [0.15, 0.2) is 0 Å². The fourth-order valence-corrected chi connectivity index (χ4v) is 0.442. The number of hydrogen-bond donors (Lipinski definition) is 4. The molecule has 0 aliphatic carbocycles. The maximum Gasteiger partial charge on any atom is 0.0112 e. The van der Waals surface area contributed by atoms with Crippen LogP contribution in [0.3, 0.4) is 0 Å². The van der Waals surface area contributed by atoms with Crippen LogP contribution in [0.4, 0.5) is 0 Å². The van der Waals surface area contributed by atoms with E-state index in [2.05, 4.69) is 10.9 Å². The third-order valence-electron chi connectivity index (χ3n) is 0.729. The summed E-state index contributed by atoms with van der Waals surface area (Å²) >= 11 is 0. The van der Waals surface area contributed by atoms with Gasteiger partial charge in [0.2, 0.25) is 0 Å². The summed E-state index contributed by atoms with van der Waals surface area (Å²) in [5.74, 6) is 0. The molecule has 0 unspecified atom stereocenters. The van der Waals surface area contributed by atoms with E-state index in [1.807, 2.05) is 0 Å². The van der Waals surface area contributed by atoms with Gasteiger partial charge in [-0.1, -0.05) is 0 Å². The zero-order valence-corrected chi connectivity index (χ0v) is 4.54. The Balaban J connectivity index is 0. The van der Waals surface area contributed by atoms with Crippen molar-refractivity contribution in [3.63, 3.8) is 0 Å². The van der Waals surface area contributed by atoms with E-state index in [0.717, 1.165) is 13.1 Å². The first-order valence-electron chi connectivity index (χ1n) is 1.96. The molecule has 1 saturated heterocycles. The Kier molecular flexibility index (Phi) is 8.31. The topological polar surface area (TPSA) is 94.1 Å². The van der Waals surface area contributed by atoms with Crippen molar-refractivity contribution in [3.05, 3.63) is 0 Å². The third kappa shape index (κ3) is 3.68. The van der Waals surface area contributed by atoms with Crippen LogP contribution in [0.25, 0.3) is 0 Å². The van der Waals surface area contributed by atoms with Gasteiger partial charge in [-0.15, -0.1) is 0 Å². The highest BCUT2D eigenvalue weighted by Crippen LogP contribution is 1.74. The van der Waals surface area contributed by atoms with Gasteiger partial charge in [-0.2, -0.15) is 0 Å². The van der Waals surface area contributed by atoms with Crippen LogP contribution in [0.1, 0.15) is 6.42 Å². The van der Waals surface area contributed by atoms with Crippen molar-refractivity contribution in [2.75, 3.05) is 13.1 Å². The lowest BCUT2D eigenvalue weighted by Crippen LogP contribution is -2.21. The van der Waals surface area contributed by atoms with Crippen molar-refractivity contribution in [3.8, 4) is 0 Å². The zero-order valence-electron chi connectivity index (χ0n) is 4.54. The number of hydrazine groups is 1. The van der Waals surface area contributed by atoms with Crippen LogP contribution in [0, 0.1) is 0 Å². The van der Waals surface area contributed by atoms with Gasteiger partial charge in [-0.05, 0) is 6.42 Å². The number of hydrogen-bond acceptors (Lipinski definition) is 4. The smallest absolute Gasteiger partial charge is 0.0112 e. The van der Waals surface area contributed by atoms with Gasteiger partial charge in [0.1, 0.15) is 0 Å². The summed E-state index contributed by atoms with van der Waals surface area (Å²) in [6.07, 6.45) is 1.28. The van der Waals surface area contributed by atoms with Crippen LogP contribution in [0.2, 0.25) is 0 Å². The van der Waals surface area contributed by atoms with Gasteiger partial charge in [-0.3, -0.25) is 10.9 Å². The Morgan fingerprint density at radius 3 is 1.43 bits per heavy atom. The maximum atomic E-state index is 2.97. The van der Waals surface area contributed by atoms with E-state index < -0.39 is 0 Å². The molecule has 46 valence electrons. The van der Waals surface area contributed by atoms with Gasteiger partial charge in [0, 0.05) is 13.1 Å². The first-order chi connectivity index (χ1) is 2.50. The lowest BCUT2D eigenvalue weighted by molar-refractivity contribution is 0.689. The van der Waals surface area contributed by atoms with Crippen molar-refractivity contribution in [2.45, 2.75) is 6.42 Å². The van der Waals surface area contributed by atoms with E-state index in [0.29, 0.717) is 0 Å². The molecular formula is C3H14N4. The number of rotatable bonds is 0. The molecule has 0 bridgehead atoms. The summed E-state index contributed by atoms with van der Waals surface area (Å²) < 4.78 is 0.